The molecule has 0 bridgehead atoms. The van der Waals surface area contributed by atoms with Crippen molar-refractivity contribution in [2.45, 2.75) is 6.92 Å². The highest BCUT2D eigenvalue weighted by atomic mass is 35.5. The number of rotatable bonds is 2. The molecule has 1 amide bonds. The van der Waals surface area contributed by atoms with Gasteiger partial charge < -0.3 is 9.15 Å². The standard InChI is InChI=1S/C16H12ClNO3/c1-10-11-6-2-4-8-13(11)20-15(10)18-16(19)21-14-9-5-3-7-12(14)17/h2-9H,1H3,(H,18,19). The molecular weight excluding hydrogens is 290 g/mol. The molecule has 1 N–H and O–H groups in total. The number of carbonyl (C=O) groups excluding carboxylic acids is 1. The van der Waals surface area contributed by atoms with Crippen LogP contribution in [0.1, 0.15) is 5.56 Å². The summed E-state index contributed by atoms with van der Waals surface area (Å²) in [6.07, 6.45) is -0.648. The van der Waals surface area contributed by atoms with Gasteiger partial charge in [-0.15, -0.1) is 0 Å². The molecule has 0 aliphatic carbocycles. The van der Waals surface area contributed by atoms with Crippen LogP contribution in [0.4, 0.5) is 10.7 Å². The van der Waals surface area contributed by atoms with Crippen molar-refractivity contribution in [2.24, 2.45) is 0 Å². The van der Waals surface area contributed by atoms with E-state index in [1.807, 2.05) is 31.2 Å². The summed E-state index contributed by atoms with van der Waals surface area (Å²) in [4.78, 5) is 11.9. The fourth-order valence-corrected chi connectivity index (χ4v) is 2.21. The second kappa shape index (κ2) is 5.50. The van der Waals surface area contributed by atoms with Gasteiger partial charge in [-0.05, 0) is 25.1 Å². The highest BCUT2D eigenvalue weighted by molar-refractivity contribution is 6.32. The third-order valence-corrected chi connectivity index (χ3v) is 3.41. The molecule has 4 nitrogen and oxygen atoms in total. The van der Waals surface area contributed by atoms with Crippen molar-refractivity contribution in [3.05, 3.63) is 59.1 Å². The summed E-state index contributed by atoms with van der Waals surface area (Å²) in [5.74, 6) is 0.665. The van der Waals surface area contributed by atoms with Crippen LogP contribution in [0.15, 0.2) is 52.9 Å². The van der Waals surface area contributed by atoms with E-state index in [4.69, 9.17) is 20.8 Å². The molecule has 21 heavy (non-hydrogen) atoms. The number of hydrogen-bond donors (Lipinski definition) is 1. The molecule has 0 atom stereocenters. The Morgan fingerprint density at radius 1 is 1.14 bits per heavy atom. The van der Waals surface area contributed by atoms with E-state index >= 15 is 0 Å². The number of ether oxygens (including phenoxy) is 1. The molecule has 3 rings (SSSR count). The number of hydrogen-bond acceptors (Lipinski definition) is 3. The van der Waals surface area contributed by atoms with Gasteiger partial charge in [0.25, 0.3) is 0 Å². The topological polar surface area (TPSA) is 51.5 Å². The summed E-state index contributed by atoms with van der Waals surface area (Å²) >= 11 is 5.94. The first-order valence-electron chi connectivity index (χ1n) is 6.36. The van der Waals surface area contributed by atoms with Crippen LogP contribution in [0.5, 0.6) is 5.75 Å². The predicted octanol–water partition coefficient (Wildman–Crippen LogP) is 5.01. The van der Waals surface area contributed by atoms with Gasteiger partial charge in [0.1, 0.15) is 5.58 Å². The Morgan fingerprint density at radius 2 is 1.86 bits per heavy atom. The lowest BCUT2D eigenvalue weighted by atomic mass is 10.2. The summed E-state index contributed by atoms with van der Waals surface area (Å²) in [5.41, 5.74) is 1.56. The molecule has 0 radical (unpaired) electrons. The quantitative estimate of drug-likeness (QED) is 0.724. The molecule has 1 heterocycles. The van der Waals surface area contributed by atoms with Crippen molar-refractivity contribution in [2.75, 3.05) is 5.32 Å². The van der Waals surface area contributed by atoms with Gasteiger partial charge in [-0.3, -0.25) is 5.32 Å². The lowest BCUT2D eigenvalue weighted by molar-refractivity contribution is 0.214. The van der Waals surface area contributed by atoms with Gasteiger partial charge >= 0.3 is 6.09 Å². The molecule has 0 saturated heterocycles. The number of para-hydroxylation sites is 2. The second-order valence-corrected chi connectivity index (χ2v) is 4.90. The number of nitrogens with one attached hydrogen (secondary N) is 1. The molecule has 1 aromatic heterocycles. The van der Waals surface area contributed by atoms with Gasteiger partial charge in [0.15, 0.2) is 5.75 Å². The average molecular weight is 302 g/mol. The molecule has 0 saturated carbocycles. The molecular formula is C16H12ClNO3. The summed E-state index contributed by atoms with van der Waals surface area (Å²) in [6.45, 7) is 1.87. The number of carbonyl (C=O) groups is 1. The maximum absolute atomic E-state index is 11.9. The minimum atomic E-state index is -0.648. The van der Waals surface area contributed by atoms with Gasteiger partial charge in [0, 0.05) is 10.9 Å². The molecule has 0 spiro atoms. The number of benzene rings is 2. The van der Waals surface area contributed by atoms with Crippen LogP contribution in [-0.4, -0.2) is 6.09 Å². The lowest BCUT2D eigenvalue weighted by Crippen LogP contribution is -2.17. The maximum atomic E-state index is 11.9. The van der Waals surface area contributed by atoms with Crippen molar-refractivity contribution < 1.29 is 13.9 Å². The zero-order chi connectivity index (χ0) is 14.8. The number of fused-ring (bicyclic) bond motifs is 1. The van der Waals surface area contributed by atoms with Crippen LogP contribution in [-0.2, 0) is 0 Å². The Morgan fingerprint density at radius 3 is 2.62 bits per heavy atom. The summed E-state index contributed by atoms with van der Waals surface area (Å²) in [5, 5.41) is 3.91. The van der Waals surface area contributed by atoms with Gasteiger partial charge in [0.2, 0.25) is 5.88 Å². The van der Waals surface area contributed by atoms with Crippen molar-refractivity contribution in [1.82, 2.24) is 0 Å². The van der Waals surface area contributed by atoms with E-state index in [-0.39, 0.29) is 0 Å². The molecule has 0 aliphatic rings. The Hall–Kier alpha value is -2.46. The largest absolute Gasteiger partial charge is 0.440 e. The van der Waals surface area contributed by atoms with Gasteiger partial charge in [0.05, 0.1) is 5.02 Å². The van der Waals surface area contributed by atoms with Crippen LogP contribution in [0.3, 0.4) is 0 Å². The highest BCUT2D eigenvalue weighted by Gasteiger charge is 2.14. The third-order valence-electron chi connectivity index (χ3n) is 3.10. The average Bonchev–Trinajstić information content (AvgIpc) is 2.78. The maximum Gasteiger partial charge on any atom is 0.419 e. The van der Waals surface area contributed by atoms with Crippen LogP contribution >= 0.6 is 11.6 Å². The molecule has 5 heteroatoms. The fourth-order valence-electron chi connectivity index (χ4n) is 2.04. The predicted molar refractivity (Wildman–Crippen MR) is 82.0 cm³/mol. The molecule has 0 unspecified atom stereocenters. The fraction of sp³-hybridized carbons (Fsp3) is 0.0625. The number of halogens is 1. The number of amides is 1. The van der Waals surface area contributed by atoms with E-state index in [0.717, 1.165) is 10.9 Å². The van der Waals surface area contributed by atoms with Crippen LogP contribution in [0.25, 0.3) is 11.0 Å². The molecule has 3 aromatic rings. The Balaban J connectivity index is 1.81. The van der Waals surface area contributed by atoms with Gasteiger partial charge in [-0.1, -0.05) is 41.9 Å². The minimum absolute atomic E-state index is 0.297. The highest BCUT2D eigenvalue weighted by Crippen LogP contribution is 2.29. The van der Waals surface area contributed by atoms with E-state index in [1.54, 1.807) is 24.3 Å². The summed E-state index contributed by atoms with van der Waals surface area (Å²) in [6, 6.07) is 14.3. The summed E-state index contributed by atoms with van der Waals surface area (Å²) in [7, 11) is 0. The zero-order valence-corrected chi connectivity index (χ0v) is 12.0. The van der Waals surface area contributed by atoms with Gasteiger partial charge in [-0.25, -0.2) is 4.79 Å². The van der Waals surface area contributed by atoms with Crippen LogP contribution in [0, 0.1) is 6.92 Å². The van der Waals surface area contributed by atoms with Crippen molar-refractivity contribution in [3.8, 4) is 5.75 Å². The Bertz CT molecular complexity index is 810. The lowest BCUT2D eigenvalue weighted by Gasteiger charge is -2.06. The summed E-state index contributed by atoms with van der Waals surface area (Å²) < 4.78 is 10.8. The van der Waals surface area contributed by atoms with Crippen molar-refractivity contribution in [1.29, 1.82) is 0 Å². The molecule has 106 valence electrons. The Labute approximate surface area is 126 Å². The van der Waals surface area contributed by atoms with Crippen LogP contribution in [0.2, 0.25) is 5.02 Å². The van der Waals surface area contributed by atoms with E-state index in [1.165, 1.54) is 0 Å². The molecule has 0 aliphatic heterocycles. The number of anilines is 1. The molecule has 2 aromatic carbocycles. The SMILES string of the molecule is Cc1c(NC(=O)Oc2ccccc2Cl)oc2ccccc12. The van der Waals surface area contributed by atoms with E-state index in [2.05, 4.69) is 5.32 Å². The van der Waals surface area contributed by atoms with E-state index < -0.39 is 6.09 Å². The van der Waals surface area contributed by atoms with Crippen LogP contribution < -0.4 is 10.1 Å². The first-order valence-corrected chi connectivity index (χ1v) is 6.74. The number of furan rings is 1. The van der Waals surface area contributed by atoms with Crippen molar-refractivity contribution in [3.63, 3.8) is 0 Å². The van der Waals surface area contributed by atoms with E-state index in [0.29, 0.717) is 22.2 Å². The first kappa shape index (κ1) is 13.5. The zero-order valence-electron chi connectivity index (χ0n) is 11.2. The van der Waals surface area contributed by atoms with Gasteiger partial charge in [-0.2, -0.15) is 0 Å². The van der Waals surface area contributed by atoms with Crippen molar-refractivity contribution >= 4 is 34.5 Å². The van der Waals surface area contributed by atoms with E-state index in [9.17, 15) is 4.79 Å². The molecule has 0 fully saturated rings. The second-order valence-electron chi connectivity index (χ2n) is 4.50. The monoisotopic (exact) mass is 301 g/mol. The normalized spacial score (nSPS) is 10.6. The minimum Gasteiger partial charge on any atom is -0.440 e. The first-order chi connectivity index (χ1) is 10.1. The third kappa shape index (κ3) is 2.71. The smallest absolute Gasteiger partial charge is 0.419 e. The Kier molecular flexibility index (Phi) is 3.54. The number of aryl methyl sites for hydroxylation is 1.